The lowest BCUT2D eigenvalue weighted by Gasteiger charge is -2.31. The number of carboxylic acids is 1. The second-order valence-corrected chi connectivity index (χ2v) is 7.28. The number of ether oxygens (including phenoxy) is 1. The number of benzene rings is 3. The molecule has 30 heavy (non-hydrogen) atoms. The number of carbonyl (C=O) groups excluding carboxylic acids is 1. The van der Waals surface area contributed by atoms with Gasteiger partial charge in [0.05, 0.1) is 12.5 Å². The molecule has 0 unspecified atom stereocenters. The van der Waals surface area contributed by atoms with Crippen LogP contribution >= 0.6 is 0 Å². The topological polar surface area (TPSA) is 75.6 Å². The lowest BCUT2D eigenvalue weighted by Crippen LogP contribution is -2.50. The summed E-state index contributed by atoms with van der Waals surface area (Å²) < 4.78 is 5.21. The van der Waals surface area contributed by atoms with Gasteiger partial charge in [-0.05, 0) is 35.7 Å². The van der Waals surface area contributed by atoms with Crippen LogP contribution in [0.4, 0.5) is 0 Å². The van der Waals surface area contributed by atoms with Gasteiger partial charge in [-0.1, -0.05) is 72.8 Å². The molecule has 2 N–H and O–H groups in total. The summed E-state index contributed by atoms with van der Waals surface area (Å²) in [5.41, 5.74) is 1.31. The average Bonchev–Trinajstić information content (AvgIpc) is 2.79. The summed E-state index contributed by atoms with van der Waals surface area (Å²) in [7, 11) is 1.56. The van der Waals surface area contributed by atoms with Gasteiger partial charge in [0.25, 0.3) is 0 Å². The number of carbonyl (C=O) groups is 2. The van der Waals surface area contributed by atoms with Crippen molar-refractivity contribution in [2.24, 2.45) is 0 Å². The third kappa shape index (κ3) is 4.51. The SMILES string of the molecule is COc1cccc(C[C@@H](NC(=O)C(C)(c2ccccc2)c2ccccc2)C(=O)O)c1. The highest BCUT2D eigenvalue weighted by molar-refractivity contribution is 5.94. The fourth-order valence-electron chi connectivity index (χ4n) is 3.51. The number of carboxylic acid groups (broad SMARTS) is 1. The molecule has 154 valence electrons. The van der Waals surface area contributed by atoms with E-state index in [1.807, 2.05) is 73.7 Å². The Bertz CT molecular complexity index is 962. The fourth-order valence-corrected chi connectivity index (χ4v) is 3.51. The largest absolute Gasteiger partial charge is 0.497 e. The average molecular weight is 403 g/mol. The maximum Gasteiger partial charge on any atom is 0.326 e. The van der Waals surface area contributed by atoms with Gasteiger partial charge in [0.2, 0.25) is 5.91 Å². The first-order chi connectivity index (χ1) is 14.4. The van der Waals surface area contributed by atoms with E-state index in [2.05, 4.69) is 5.32 Å². The molecule has 0 bridgehead atoms. The molecule has 0 saturated carbocycles. The van der Waals surface area contributed by atoms with Crippen molar-refractivity contribution in [2.75, 3.05) is 7.11 Å². The van der Waals surface area contributed by atoms with E-state index in [4.69, 9.17) is 4.74 Å². The number of nitrogens with one attached hydrogen (secondary N) is 1. The predicted octanol–water partition coefficient (Wildman–Crippen LogP) is 3.81. The van der Waals surface area contributed by atoms with E-state index in [0.29, 0.717) is 5.75 Å². The third-order valence-electron chi connectivity index (χ3n) is 5.33. The first-order valence-electron chi connectivity index (χ1n) is 9.73. The van der Waals surface area contributed by atoms with Crippen LogP contribution in [0.5, 0.6) is 5.75 Å². The van der Waals surface area contributed by atoms with Gasteiger partial charge in [0.1, 0.15) is 11.8 Å². The first kappa shape index (κ1) is 21.1. The van der Waals surface area contributed by atoms with Gasteiger partial charge in [-0.3, -0.25) is 4.79 Å². The van der Waals surface area contributed by atoms with Gasteiger partial charge in [0, 0.05) is 6.42 Å². The Kier molecular flexibility index (Phi) is 6.52. The molecule has 5 nitrogen and oxygen atoms in total. The molecule has 1 amide bonds. The molecular formula is C25H25NO4. The lowest BCUT2D eigenvalue weighted by molar-refractivity contribution is -0.142. The predicted molar refractivity (Wildman–Crippen MR) is 116 cm³/mol. The second kappa shape index (κ2) is 9.27. The molecule has 0 aliphatic heterocycles. The minimum absolute atomic E-state index is 0.151. The Hall–Kier alpha value is -3.60. The van der Waals surface area contributed by atoms with E-state index < -0.39 is 17.4 Å². The summed E-state index contributed by atoms with van der Waals surface area (Å²) in [6, 6.07) is 24.9. The number of methoxy groups -OCH3 is 1. The van der Waals surface area contributed by atoms with Crippen LogP contribution in [0.25, 0.3) is 0 Å². The van der Waals surface area contributed by atoms with Crippen LogP contribution in [0.15, 0.2) is 84.9 Å². The summed E-state index contributed by atoms with van der Waals surface area (Å²) in [5.74, 6) is -0.814. The molecule has 3 aromatic carbocycles. The Morgan fingerprint density at radius 1 is 0.933 bits per heavy atom. The van der Waals surface area contributed by atoms with Crippen LogP contribution in [0.1, 0.15) is 23.6 Å². The van der Waals surface area contributed by atoms with E-state index in [9.17, 15) is 14.7 Å². The summed E-state index contributed by atoms with van der Waals surface area (Å²) in [4.78, 5) is 25.4. The molecule has 0 fully saturated rings. The van der Waals surface area contributed by atoms with Crippen molar-refractivity contribution in [3.63, 3.8) is 0 Å². The van der Waals surface area contributed by atoms with Crippen molar-refractivity contribution in [2.45, 2.75) is 24.8 Å². The van der Waals surface area contributed by atoms with Crippen molar-refractivity contribution < 1.29 is 19.4 Å². The number of hydrogen-bond acceptors (Lipinski definition) is 3. The highest BCUT2D eigenvalue weighted by Crippen LogP contribution is 2.32. The number of hydrogen-bond donors (Lipinski definition) is 2. The quantitative estimate of drug-likeness (QED) is 0.600. The monoisotopic (exact) mass is 403 g/mol. The minimum Gasteiger partial charge on any atom is -0.497 e. The first-order valence-corrected chi connectivity index (χ1v) is 9.73. The van der Waals surface area contributed by atoms with E-state index in [1.54, 1.807) is 25.3 Å². The Balaban J connectivity index is 1.92. The Morgan fingerprint density at radius 3 is 2.00 bits per heavy atom. The van der Waals surface area contributed by atoms with Crippen molar-refractivity contribution in [3.8, 4) is 5.75 Å². The highest BCUT2D eigenvalue weighted by atomic mass is 16.5. The number of aliphatic carboxylic acids is 1. The van der Waals surface area contributed by atoms with Crippen LogP contribution in [-0.4, -0.2) is 30.1 Å². The molecule has 0 spiro atoms. The molecular weight excluding hydrogens is 378 g/mol. The van der Waals surface area contributed by atoms with Gasteiger partial charge in [-0.25, -0.2) is 4.79 Å². The van der Waals surface area contributed by atoms with Crippen molar-refractivity contribution in [1.82, 2.24) is 5.32 Å². The summed E-state index contributed by atoms with van der Waals surface area (Å²) >= 11 is 0. The summed E-state index contributed by atoms with van der Waals surface area (Å²) in [6.45, 7) is 1.82. The van der Waals surface area contributed by atoms with Gasteiger partial charge in [0.15, 0.2) is 0 Å². The molecule has 0 heterocycles. The van der Waals surface area contributed by atoms with Crippen LogP contribution < -0.4 is 10.1 Å². The number of amides is 1. The van der Waals surface area contributed by atoms with Crippen LogP contribution in [0.3, 0.4) is 0 Å². The molecule has 0 aliphatic carbocycles. The molecule has 5 heteroatoms. The molecule has 0 aromatic heterocycles. The molecule has 0 radical (unpaired) electrons. The van der Waals surface area contributed by atoms with Gasteiger partial charge < -0.3 is 15.2 Å². The Morgan fingerprint density at radius 2 is 1.50 bits per heavy atom. The maximum absolute atomic E-state index is 13.5. The highest BCUT2D eigenvalue weighted by Gasteiger charge is 2.39. The zero-order valence-corrected chi connectivity index (χ0v) is 17.0. The summed E-state index contributed by atoms with van der Waals surface area (Å²) in [5, 5.41) is 12.5. The Labute approximate surface area is 176 Å². The van der Waals surface area contributed by atoms with E-state index >= 15 is 0 Å². The third-order valence-corrected chi connectivity index (χ3v) is 5.33. The molecule has 0 aliphatic rings. The maximum atomic E-state index is 13.5. The van der Waals surface area contributed by atoms with Crippen molar-refractivity contribution >= 4 is 11.9 Å². The van der Waals surface area contributed by atoms with Gasteiger partial charge >= 0.3 is 5.97 Å². The van der Waals surface area contributed by atoms with E-state index in [0.717, 1.165) is 16.7 Å². The minimum atomic E-state index is -1.09. The zero-order valence-electron chi connectivity index (χ0n) is 17.0. The second-order valence-electron chi connectivity index (χ2n) is 7.28. The lowest BCUT2D eigenvalue weighted by atomic mass is 9.75. The van der Waals surface area contributed by atoms with Crippen LogP contribution in [0, 0.1) is 0 Å². The zero-order chi connectivity index (χ0) is 21.6. The van der Waals surface area contributed by atoms with Crippen LogP contribution in [0.2, 0.25) is 0 Å². The van der Waals surface area contributed by atoms with E-state index in [-0.39, 0.29) is 12.3 Å². The van der Waals surface area contributed by atoms with E-state index in [1.165, 1.54) is 0 Å². The van der Waals surface area contributed by atoms with Crippen molar-refractivity contribution in [1.29, 1.82) is 0 Å². The number of rotatable bonds is 8. The fraction of sp³-hybridized carbons (Fsp3) is 0.200. The molecule has 0 saturated heterocycles. The molecule has 3 rings (SSSR count). The smallest absolute Gasteiger partial charge is 0.326 e. The van der Waals surface area contributed by atoms with Crippen LogP contribution in [-0.2, 0) is 21.4 Å². The molecule has 3 aromatic rings. The standard InChI is InChI=1S/C25H25NO4/c1-25(19-11-5-3-6-12-19,20-13-7-4-8-14-20)24(29)26-22(23(27)28)17-18-10-9-15-21(16-18)30-2/h3-16,22H,17H2,1-2H3,(H,26,29)(H,27,28)/t22-/m1/s1. The van der Waals surface area contributed by atoms with Gasteiger partial charge in [-0.2, -0.15) is 0 Å². The summed E-state index contributed by atoms with van der Waals surface area (Å²) in [6.07, 6.45) is 0.151. The van der Waals surface area contributed by atoms with Gasteiger partial charge in [-0.15, -0.1) is 0 Å². The molecule has 1 atom stereocenters. The normalized spacial score (nSPS) is 12.1. The van der Waals surface area contributed by atoms with Crippen molar-refractivity contribution in [3.05, 3.63) is 102 Å².